The molecule has 78 valence electrons. The first-order chi connectivity index (χ1) is 6.74. The average Bonchev–Trinajstić information content (AvgIpc) is 2.19. The van der Waals surface area contributed by atoms with Gasteiger partial charge < -0.3 is 4.79 Å². The molecule has 0 radical (unpaired) electrons. The van der Waals surface area contributed by atoms with Gasteiger partial charge in [-0.05, 0) is 30.1 Å². The molecule has 0 aliphatic heterocycles. The van der Waals surface area contributed by atoms with Crippen LogP contribution < -0.4 is 0 Å². The largest absolute Gasteiger partial charge is 0.303 e. The highest BCUT2D eigenvalue weighted by Gasteiger charge is 2.39. The van der Waals surface area contributed by atoms with Gasteiger partial charge in [0.2, 0.25) is 0 Å². The Labute approximate surface area is 86.6 Å². The molecule has 0 aromatic carbocycles. The molecule has 1 saturated carbocycles. The van der Waals surface area contributed by atoms with Gasteiger partial charge in [-0.2, -0.15) is 0 Å². The number of carbonyl (C=O) groups excluding carboxylic acids is 1. The molecule has 0 bridgehead atoms. The molecule has 2 aliphatic carbocycles. The molecule has 14 heavy (non-hydrogen) atoms. The molecule has 0 saturated heterocycles. The number of carbonyl (C=O) groups is 1. The van der Waals surface area contributed by atoms with Gasteiger partial charge in [0, 0.05) is 5.92 Å². The summed E-state index contributed by atoms with van der Waals surface area (Å²) < 4.78 is 0. The lowest BCUT2D eigenvalue weighted by Crippen LogP contribution is -2.38. The third-order valence-corrected chi connectivity index (χ3v) is 4.22. The summed E-state index contributed by atoms with van der Waals surface area (Å²) in [5.74, 6) is 2.78. The first-order valence-electron chi connectivity index (χ1n) is 5.87. The second-order valence-corrected chi connectivity index (χ2v) is 5.11. The maximum Gasteiger partial charge on any atom is 0.123 e. The van der Waals surface area contributed by atoms with Crippen molar-refractivity contribution < 1.29 is 4.79 Å². The highest BCUT2D eigenvalue weighted by molar-refractivity contribution is 5.56. The maximum atomic E-state index is 11.1. The molecule has 2 aliphatic rings. The lowest BCUT2D eigenvalue weighted by molar-refractivity contribution is -0.115. The maximum absolute atomic E-state index is 11.1. The Morgan fingerprint density at radius 1 is 1.21 bits per heavy atom. The van der Waals surface area contributed by atoms with Crippen molar-refractivity contribution in [2.45, 2.75) is 33.1 Å². The van der Waals surface area contributed by atoms with Crippen molar-refractivity contribution in [3.05, 3.63) is 12.2 Å². The van der Waals surface area contributed by atoms with E-state index in [0.717, 1.165) is 5.92 Å². The third kappa shape index (κ3) is 1.53. The summed E-state index contributed by atoms with van der Waals surface area (Å²) in [4.78, 5) is 11.1. The minimum Gasteiger partial charge on any atom is -0.303 e. The minimum absolute atomic E-state index is 0.278. The Bertz CT molecular complexity index is 244. The number of hydrogen-bond acceptors (Lipinski definition) is 1. The highest BCUT2D eigenvalue weighted by atomic mass is 16.1. The second kappa shape index (κ2) is 3.88. The summed E-state index contributed by atoms with van der Waals surface area (Å²) in [7, 11) is 0. The van der Waals surface area contributed by atoms with Crippen molar-refractivity contribution in [3.8, 4) is 0 Å². The van der Waals surface area contributed by atoms with E-state index in [1.165, 1.54) is 25.5 Å². The zero-order valence-electron chi connectivity index (χ0n) is 9.15. The predicted octanol–water partition coefficient (Wildman–Crippen LogP) is 3.06. The van der Waals surface area contributed by atoms with Gasteiger partial charge in [-0.3, -0.25) is 0 Å². The molecular weight excluding hydrogens is 172 g/mol. The molecule has 2 rings (SSSR count). The van der Waals surface area contributed by atoms with E-state index in [1.54, 1.807) is 0 Å². The van der Waals surface area contributed by atoms with Crippen LogP contribution in [0.15, 0.2) is 12.2 Å². The van der Waals surface area contributed by atoms with Crippen molar-refractivity contribution in [1.82, 2.24) is 0 Å². The van der Waals surface area contributed by atoms with E-state index in [2.05, 4.69) is 26.0 Å². The molecule has 0 heterocycles. The van der Waals surface area contributed by atoms with Crippen molar-refractivity contribution in [2.24, 2.45) is 29.6 Å². The molecule has 0 amide bonds. The van der Waals surface area contributed by atoms with Gasteiger partial charge in [0.15, 0.2) is 0 Å². The zero-order valence-corrected chi connectivity index (χ0v) is 9.15. The van der Waals surface area contributed by atoms with Gasteiger partial charge >= 0.3 is 0 Å². The monoisotopic (exact) mass is 192 g/mol. The van der Waals surface area contributed by atoms with Gasteiger partial charge in [-0.25, -0.2) is 0 Å². The molecule has 0 unspecified atom stereocenters. The minimum atomic E-state index is 0.278. The van der Waals surface area contributed by atoms with E-state index in [4.69, 9.17) is 0 Å². The average molecular weight is 192 g/mol. The van der Waals surface area contributed by atoms with E-state index in [9.17, 15) is 4.79 Å². The summed E-state index contributed by atoms with van der Waals surface area (Å²) in [6, 6.07) is 0. The normalized spacial score (nSPS) is 47.1. The van der Waals surface area contributed by atoms with Crippen molar-refractivity contribution in [1.29, 1.82) is 0 Å². The number of rotatable bonds is 1. The van der Waals surface area contributed by atoms with Crippen LogP contribution in [-0.2, 0) is 4.79 Å². The van der Waals surface area contributed by atoms with E-state index in [-0.39, 0.29) is 5.92 Å². The van der Waals surface area contributed by atoms with Crippen LogP contribution in [-0.4, -0.2) is 6.29 Å². The molecule has 0 N–H and O–H groups in total. The fourth-order valence-corrected chi connectivity index (χ4v) is 3.38. The Kier molecular flexibility index (Phi) is 2.76. The van der Waals surface area contributed by atoms with Crippen LogP contribution in [0.5, 0.6) is 0 Å². The van der Waals surface area contributed by atoms with Gasteiger partial charge in [0.05, 0.1) is 0 Å². The molecule has 1 nitrogen and oxygen atoms in total. The van der Waals surface area contributed by atoms with Crippen LogP contribution in [0, 0.1) is 29.6 Å². The topological polar surface area (TPSA) is 17.1 Å². The first-order valence-corrected chi connectivity index (χ1v) is 5.87. The SMILES string of the molecule is C[C@H]1C=C[C@H]2CCC[C@H](C)[C@@H]2[C@H]1C=O. The van der Waals surface area contributed by atoms with Gasteiger partial charge in [-0.15, -0.1) is 0 Å². The molecule has 0 aromatic rings. The van der Waals surface area contributed by atoms with Crippen LogP contribution in [0.4, 0.5) is 0 Å². The highest BCUT2D eigenvalue weighted by Crippen LogP contribution is 2.44. The van der Waals surface area contributed by atoms with Gasteiger partial charge in [-0.1, -0.05) is 38.8 Å². The summed E-state index contributed by atoms with van der Waals surface area (Å²) in [6.07, 6.45) is 9.76. The van der Waals surface area contributed by atoms with Crippen LogP contribution in [0.2, 0.25) is 0 Å². The van der Waals surface area contributed by atoms with E-state index >= 15 is 0 Å². The van der Waals surface area contributed by atoms with Crippen molar-refractivity contribution >= 4 is 6.29 Å². The summed E-state index contributed by atoms with van der Waals surface area (Å²) in [6.45, 7) is 4.49. The van der Waals surface area contributed by atoms with Crippen molar-refractivity contribution in [2.75, 3.05) is 0 Å². The predicted molar refractivity (Wildman–Crippen MR) is 57.9 cm³/mol. The van der Waals surface area contributed by atoms with E-state index in [0.29, 0.717) is 17.8 Å². The number of hydrogen-bond donors (Lipinski definition) is 0. The lowest BCUT2D eigenvalue weighted by Gasteiger charge is -2.42. The third-order valence-electron chi connectivity index (χ3n) is 4.22. The Hall–Kier alpha value is -0.590. The fraction of sp³-hybridized carbons (Fsp3) is 0.769. The Balaban J connectivity index is 2.24. The van der Waals surface area contributed by atoms with Crippen LogP contribution in [0.3, 0.4) is 0 Å². The van der Waals surface area contributed by atoms with Crippen LogP contribution in [0.25, 0.3) is 0 Å². The molecular formula is C13H20O. The standard InChI is InChI=1S/C13H20O/c1-9-6-7-11-5-3-4-10(2)13(11)12(9)8-14/h6-13H,3-5H2,1-2H3/t9-,10-,11+,12-,13-/m0/s1. The van der Waals surface area contributed by atoms with E-state index < -0.39 is 0 Å². The molecule has 1 fully saturated rings. The first kappa shape index (κ1) is 9.95. The zero-order chi connectivity index (χ0) is 10.1. The lowest BCUT2D eigenvalue weighted by atomic mass is 9.62. The molecule has 0 aromatic heterocycles. The Morgan fingerprint density at radius 2 is 2.00 bits per heavy atom. The molecule has 5 atom stereocenters. The summed E-state index contributed by atoms with van der Waals surface area (Å²) >= 11 is 0. The Morgan fingerprint density at radius 3 is 2.71 bits per heavy atom. The number of fused-ring (bicyclic) bond motifs is 1. The quantitative estimate of drug-likeness (QED) is 0.461. The van der Waals surface area contributed by atoms with Crippen LogP contribution in [0.1, 0.15) is 33.1 Å². The summed E-state index contributed by atoms with van der Waals surface area (Å²) in [5.41, 5.74) is 0. The molecule has 1 heteroatoms. The number of aldehydes is 1. The van der Waals surface area contributed by atoms with Gasteiger partial charge in [0.25, 0.3) is 0 Å². The van der Waals surface area contributed by atoms with Crippen LogP contribution >= 0.6 is 0 Å². The van der Waals surface area contributed by atoms with E-state index in [1.807, 2.05) is 0 Å². The van der Waals surface area contributed by atoms with Crippen molar-refractivity contribution in [3.63, 3.8) is 0 Å². The second-order valence-electron chi connectivity index (χ2n) is 5.11. The number of allylic oxidation sites excluding steroid dienone is 2. The molecule has 0 spiro atoms. The smallest absolute Gasteiger partial charge is 0.123 e. The van der Waals surface area contributed by atoms with Gasteiger partial charge in [0.1, 0.15) is 6.29 Å². The fourth-order valence-electron chi connectivity index (χ4n) is 3.38. The summed E-state index contributed by atoms with van der Waals surface area (Å²) in [5, 5.41) is 0.